The highest BCUT2D eigenvalue weighted by Gasteiger charge is 2.24. The second kappa shape index (κ2) is 9.19. The van der Waals surface area contributed by atoms with E-state index in [0.29, 0.717) is 0 Å². The summed E-state index contributed by atoms with van der Waals surface area (Å²) in [6.45, 7) is 2.08. The average Bonchev–Trinajstić information content (AvgIpc) is 3.05. The maximum Gasteiger partial charge on any atom is 0.259 e. The van der Waals surface area contributed by atoms with Crippen molar-refractivity contribution >= 4 is 34.1 Å². The van der Waals surface area contributed by atoms with Gasteiger partial charge in [-0.1, -0.05) is 60.9 Å². The van der Waals surface area contributed by atoms with E-state index in [4.69, 9.17) is 4.99 Å². The smallest absolute Gasteiger partial charge is 0.259 e. The lowest BCUT2D eigenvalue weighted by Crippen LogP contribution is -2.14. The number of hydrogen-bond donors (Lipinski definition) is 1. The Morgan fingerprint density at radius 1 is 0.966 bits per heavy atom. The Morgan fingerprint density at radius 2 is 1.69 bits per heavy atom. The van der Waals surface area contributed by atoms with Crippen molar-refractivity contribution in [3.8, 4) is 0 Å². The van der Waals surface area contributed by atoms with E-state index in [-0.39, 0.29) is 5.91 Å². The monoisotopic (exact) mass is 402 g/mol. The first-order chi connectivity index (χ1) is 14.2. The molecule has 3 nitrogen and oxygen atoms in total. The maximum absolute atomic E-state index is 13.2. The quantitative estimate of drug-likeness (QED) is 0.484. The highest BCUT2D eigenvalue weighted by atomic mass is 32.1. The molecule has 0 saturated heterocycles. The lowest BCUT2D eigenvalue weighted by molar-refractivity contribution is 0.102. The number of amides is 1. The fourth-order valence-electron chi connectivity index (χ4n) is 3.73. The van der Waals surface area contributed by atoms with Crippen LogP contribution in [0.15, 0.2) is 59.6 Å². The zero-order chi connectivity index (χ0) is 20.1. The summed E-state index contributed by atoms with van der Waals surface area (Å²) in [5, 5.41) is 3.90. The summed E-state index contributed by atoms with van der Waals surface area (Å²) in [4.78, 5) is 19.3. The summed E-state index contributed by atoms with van der Waals surface area (Å²) in [7, 11) is 0. The van der Waals surface area contributed by atoms with Crippen LogP contribution in [-0.2, 0) is 12.8 Å². The van der Waals surface area contributed by atoms with Crippen molar-refractivity contribution in [2.75, 3.05) is 5.32 Å². The molecule has 1 aliphatic carbocycles. The molecule has 2 aromatic carbocycles. The highest BCUT2D eigenvalue weighted by Crippen LogP contribution is 2.39. The molecule has 0 spiro atoms. The maximum atomic E-state index is 13.2. The number of benzene rings is 2. The first-order valence-corrected chi connectivity index (χ1v) is 11.1. The van der Waals surface area contributed by atoms with Crippen LogP contribution in [0.3, 0.4) is 0 Å². The number of fused-ring (bicyclic) bond motifs is 1. The molecule has 4 rings (SSSR count). The third kappa shape index (κ3) is 4.83. The van der Waals surface area contributed by atoms with E-state index in [2.05, 4.69) is 36.5 Å². The lowest BCUT2D eigenvalue weighted by atomic mass is 9.96. The third-order valence-corrected chi connectivity index (χ3v) is 6.52. The molecular formula is C25H26N2OS. The zero-order valence-corrected chi connectivity index (χ0v) is 17.6. The predicted octanol–water partition coefficient (Wildman–Crippen LogP) is 6.72. The van der Waals surface area contributed by atoms with Crippen LogP contribution in [0, 0.1) is 6.92 Å². The van der Waals surface area contributed by atoms with Crippen LogP contribution < -0.4 is 5.32 Å². The Bertz CT molecular complexity index is 1000. The van der Waals surface area contributed by atoms with Crippen molar-refractivity contribution in [1.29, 1.82) is 0 Å². The Labute approximate surface area is 176 Å². The molecule has 1 aromatic heterocycles. The van der Waals surface area contributed by atoms with Crippen molar-refractivity contribution in [2.24, 2.45) is 4.99 Å². The van der Waals surface area contributed by atoms with Gasteiger partial charge in [-0.25, -0.2) is 4.99 Å². The van der Waals surface area contributed by atoms with E-state index in [9.17, 15) is 4.79 Å². The number of nitrogens with zero attached hydrogens (tertiary/aromatic N) is 1. The van der Waals surface area contributed by atoms with Crippen LogP contribution in [0.4, 0.5) is 10.7 Å². The molecule has 0 atom stereocenters. The molecule has 0 radical (unpaired) electrons. The molecular weight excluding hydrogens is 376 g/mol. The zero-order valence-electron chi connectivity index (χ0n) is 16.8. The molecule has 1 N–H and O–H groups in total. The molecule has 0 unspecified atom stereocenters. The van der Waals surface area contributed by atoms with Crippen LogP contribution in [0.5, 0.6) is 0 Å². The molecule has 0 saturated carbocycles. The minimum Gasteiger partial charge on any atom is -0.322 e. The fraction of sp³-hybridized carbons (Fsp3) is 0.280. The summed E-state index contributed by atoms with van der Waals surface area (Å²) in [6.07, 6.45) is 8.71. The molecule has 0 aliphatic heterocycles. The first-order valence-electron chi connectivity index (χ1n) is 10.3. The highest BCUT2D eigenvalue weighted by molar-refractivity contribution is 7.16. The second-order valence-corrected chi connectivity index (χ2v) is 8.67. The van der Waals surface area contributed by atoms with Gasteiger partial charge in [0.1, 0.15) is 5.00 Å². The van der Waals surface area contributed by atoms with Gasteiger partial charge in [-0.05, 0) is 55.9 Å². The minimum absolute atomic E-state index is 0.0506. The number of rotatable bonds is 4. The summed E-state index contributed by atoms with van der Waals surface area (Å²) in [5.41, 5.74) is 5.06. The van der Waals surface area contributed by atoms with Gasteiger partial charge in [0.2, 0.25) is 0 Å². The number of aliphatic imine (C=N–C) groups is 1. The van der Waals surface area contributed by atoms with Gasteiger partial charge in [-0.2, -0.15) is 0 Å². The van der Waals surface area contributed by atoms with E-state index in [1.807, 2.05) is 36.5 Å². The topological polar surface area (TPSA) is 41.5 Å². The molecule has 1 heterocycles. The van der Waals surface area contributed by atoms with Gasteiger partial charge in [-0.15, -0.1) is 11.3 Å². The van der Waals surface area contributed by atoms with Gasteiger partial charge in [0.05, 0.1) is 5.56 Å². The number of hydrogen-bond acceptors (Lipinski definition) is 3. The van der Waals surface area contributed by atoms with Crippen molar-refractivity contribution in [2.45, 2.75) is 45.4 Å². The Kier molecular flexibility index (Phi) is 6.20. The first kappa shape index (κ1) is 19.6. The summed E-state index contributed by atoms with van der Waals surface area (Å²) < 4.78 is 0. The summed E-state index contributed by atoms with van der Waals surface area (Å²) in [6, 6.07) is 17.9. The molecule has 0 fully saturated rings. The SMILES string of the molecule is Cc1ccc(C=Nc2sc3c(c2C(=O)Nc2ccccc2)CCCCCC3)cc1. The molecule has 1 aliphatic rings. The van der Waals surface area contributed by atoms with Crippen molar-refractivity contribution in [3.63, 3.8) is 0 Å². The van der Waals surface area contributed by atoms with Gasteiger partial charge in [0.25, 0.3) is 5.91 Å². The van der Waals surface area contributed by atoms with Gasteiger partial charge >= 0.3 is 0 Å². The Balaban J connectivity index is 1.70. The Morgan fingerprint density at radius 3 is 2.45 bits per heavy atom. The number of carbonyl (C=O) groups excluding carboxylic acids is 1. The van der Waals surface area contributed by atoms with Crippen LogP contribution in [-0.4, -0.2) is 12.1 Å². The second-order valence-electron chi connectivity index (χ2n) is 7.59. The molecule has 1 amide bonds. The largest absolute Gasteiger partial charge is 0.322 e. The summed E-state index contributed by atoms with van der Waals surface area (Å²) >= 11 is 1.69. The molecule has 0 bridgehead atoms. The normalized spacial score (nSPS) is 14.2. The molecule has 148 valence electrons. The average molecular weight is 403 g/mol. The number of thiophene rings is 1. The van der Waals surface area contributed by atoms with Gasteiger partial charge in [0.15, 0.2) is 0 Å². The van der Waals surface area contributed by atoms with Gasteiger partial charge in [-0.3, -0.25) is 4.79 Å². The minimum atomic E-state index is -0.0506. The number of para-hydroxylation sites is 1. The molecule has 3 aromatic rings. The van der Waals surface area contributed by atoms with E-state index in [0.717, 1.165) is 41.1 Å². The van der Waals surface area contributed by atoms with E-state index < -0.39 is 0 Å². The molecule has 4 heteroatoms. The Hall–Kier alpha value is -2.72. The van der Waals surface area contributed by atoms with Crippen LogP contribution in [0.2, 0.25) is 0 Å². The van der Waals surface area contributed by atoms with E-state index in [1.54, 1.807) is 11.3 Å². The van der Waals surface area contributed by atoms with Crippen LogP contribution in [0.1, 0.15) is 57.6 Å². The lowest BCUT2D eigenvalue weighted by Gasteiger charge is -2.12. The molecule has 29 heavy (non-hydrogen) atoms. The summed E-state index contributed by atoms with van der Waals surface area (Å²) in [5.74, 6) is -0.0506. The van der Waals surface area contributed by atoms with Crippen LogP contribution in [0.25, 0.3) is 0 Å². The van der Waals surface area contributed by atoms with Crippen LogP contribution >= 0.6 is 11.3 Å². The number of anilines is 1. The van der Waals surface area contributed by atoms with Crippen molar-refractivity contribution in [1.82, 2.24) is 0 Å². The van der Waals surface area contributed by atoms with E-state index >= 15 is 0 Å². The number of carbonyl (C=O) groups is 1. The number of nitrogens with one attached hydrogen (secondary N) is 1. The van der Waals surface area contributed by atoms with Gasteiger partial charge < -0.3 is 5.32 Å². The van der Waals surface area contributed by atoms with Gasteiger partial charge in [0, 0.05) is 16.8 Å². The fourth-order valence-corrected chi connectivity index (χ4v) is 4.96. The van der Waals surface area contributed by atoms with E-state index in [1.165, 1.54) is 35.3 Å². The third-order valence-electron chi connectivity index (χ3n) is 5.32. The standard InChI is InChI=1S/C25H26N2OS/c1-18-13-15-19(16-14-18)17-26-25-23(24(28)27-20-9-5-4-6-10-20)21-11-7-2-3-8-12-22(21)29-25/h4-6,9-10,13-17H,2-3,7-8,11-12H2,1H3,(H,27,28). The predicted molar refractivity (Wildman–Crippen MR) is 123 cm³/mol. The van der Waals surface area contributed by atoms with Crippen molar-refractivity contribution < 1.29 is 4.79 Å². The number of aryl methyl sites for hydroxylation is 2. The van der Waals surface area contributed by atoms with Crippen molar-refractivity contribution in [3.05, 3.63) is 81.7 Å².